The van der Waals surface area contributed by atoms with Crippen LogP contribution in [0.25, 0.3) is 0 Å². The Kier molecular flexibility index (Phi) is 8.65. The van der Waals surface area contributed by atoms with Crippen LogP contribution in [0.5, 0.6) is 0 Å². The summed E-state index contributed by atoms with van der Waals surface area (Å²) in [5.41, 5.74) is -0.738. The molecule has 0 saturated heterocycles. The second-order valence-corrected chi connectivity index (χ2v) is 9.29. The highest BCUT2D eigenvalue weighted by Crippen LogP contribution is 2.42. The summed E-state index contributed by atoms with van der Waals surface area (Å²) in [6, 6.07) is 2.20. The summed E-state index contributed by atoms with van der Waals surface area (Å²) in [6.07, 6.45) is -3.72. The van der Waals surface area contributed by atoms with E-state index in [2.05, 4.69) is 10.6 Å². The van der Waals surface area contributed by atoms with E-state index in [1.165, 1.54) is 28.0 Å². The molecule has 1 aromatic carbocycles. The Morgan fingerprint density at radius 2 is 1.94 bits per heavy atom. The molecule has 2 atom stereocenters. The molecule has 0 radical (unpaired) electrons. The van der Waals surface area contributed by atoms with Gasteiger partial charge in [-0.3, -0.25) is 14.5 Å². The van der Waals surface area contributed by atoms with Gasteiger partial charge in [-0.05, 0) is 37.3 Å². The van der Waals surface area contributed by atoms with Crippen LogP contribution >= 0.6 is 0 Å². The number of methoxy groups -OCH3 is 1. The van der Waals surface area contributed by atoms with Crippen LogP contribution in [0.1, 0.15) is 50.8 Å². The fourth-order valence-corrected chi connectivity index (χ4v) is 4.71. The number of likely N-dealkylation sites (N-methyl/N-ethyl adjacent to an activating group) is 1. The van der Waals surface area contributed by atoms with Gasteiger partial charge < -0.3 is 20.3 Å². The standard InChI is InChI=1S/C25H33F3N4O4/c1-5-31-19-14-32(18(13-15(2)3)22(33)29-11-8-12-36-4)23(34)20(19)21(30-24(31)35)16-9-6-7-10-17(16)25(26,27)28/h6-7,9-10,15,18,21H,5,8,11-14H2,1-4H3,(H,29,33)(H,30,35)/t18-,21-/m1/s1. The summed E-state index contributed by atoms with van der Waals surface area (Å²) in [6.45, 7) is 6.57. The van der Waals surface area contributed by atoms with Crippen LogP contribution in [0.3, 0.4) is 0 Å². The van der Waals surface area contributed by atoms with Crippen molar-refractivity contribution in [3.05, 3.63) is 46.7 Å². The predicted molar refractivity (Wildman–Crippen MR) is 127 cm³/mol. The Morgan fingerprint density at radius 3 is 2.56 bits per heavy atom. The number of nitrogens with one attached hydrogen (secondary N) is 2. The molecule has 2 aliphatic rings. The lowest BCUT2D eigenvalue weighted by molar-refractivity contribution is -0.139. The Bertz CT molecular complexity index is 1020. The van der Waals surface area contributed by atoms with Gasteiger partial charge >= 0.3 is 12.2 Å². The quantitative estimate of drug-likeness (QED) is 0.472. The highest BCUT2D eigenvalue weighted by atomic mass is 19.4. The molecule has 0 bridgehead atoms. The highest BCUT2D eigenvalue weighted by molar-refractivity contribution is 6.03. The molecule has 2 heterocycles. The lowest BCUT2D eigenvalue weighted by atomic mass is 9.91. The number of benzene rings is 1. The van der Waals surface area contributed by atoms with Crippen molar-refractivity contribution in [3.8, 4) is 0 Å². The summed E-state index contributed by atoms with van der Waals surface area (Å²) in [4.78, 5) is 42.5. The molecule has 0 aromatic heterocycles. The summed E-state index contributed by atoms with van der Waals surface area (Å²) in [5.74, 6) is -0.834. The van der Waals surface area contributed by atoms with E-state index in [1.54, 1.807) is 14.0 Å². The molecule has 0 aliphatic carbocycles. The first-order valence-electron chi connectivity index (χ1n) is 12.1. The Morgan fingerprint density at radius 1 is 1.25 bits per heavy atom. The normalized spacial score (nSPS) is 19.1. The Balaban J connectivity index is 2.00. The molecule has 8 nitrogen and oxygen atoms in total. The van der Waals surface area contributed by atoms with Gasteiger partial charge in [0.1, 0.15) is 6.04 Å². The van der Waals surface area contributed by atoms with Crippen molar-refractivity contribution in [3.63, 3.8) is 0 Å². The minimum Gasteiger partial charge on any atom is -0.385 e. The lowest BCUT2D eigenvalue weighted by Crippen LogP contribution is -2.49. The third-order valence-electron chi connectivity index (χ3n) is 6.34. The van der Waals surface area contributed by atoms with Crippen LogP contribution in [0.2, 0.25) is 0 Å². The van der Waals surface area contributed by atoms with E-state index in [0.29, 0.717) is 31.7 Å². The van der Waals surface area contributed by atoms with Crippen molar-refractivity contribution in [2.24, 2.45) is 5.92 Å². The van der Waals surface area contributed by atoms with E-state index >= 15 is 0 Å². The monoisotopic (exact) mass is 510 g/mol. The first kappa shape index (κ1) is 27.5. The molecule has 11 heteroatoms. The van der Waals surface area contributed by atoms with Gasteiger partial charge in [0.25, 0.3) is 5.91 Å². The molecule has 0 fully saturated rings. The first-order chi connectivity index (χ1) is 17.0. The lowest BCUT2D eigenvalue weighted by Gasteiger charge is -2.33. The number of urea groups is 1. The summed E-state index contributed by atoms with van der Waals surface area (Å²) >= 11 is 0. The first-order valence-corrected chi connectivity index (χ1v) is 12.1. The van der Waals surface area contributed by atoms with Gasteiger partial charge in [0.2, 0.25) is 5.91 Å². The third-order valence-corrected chi connectivity index (χ3v) is 6.34. The summed E-state index contributed by atoms with van der Waals surface area (Å²) in [7, 11) is 1.56. The van der Waals surface area contributed by atoms with Crippen molar-refractivity contribution in [2.45, 2.75) is 51.9 Å². The largest absolute Gasteiger partial charge is 0.416 e. The number of ether oxygens (including phenoxy) is 1. The smallest absolute Gasteiger partial charge is 0.385 e. The molecular weight excluding hydrogens is 477 g/mol. The number of hydrogen-bond donors (Lipinski definition) is 2. The van der Waals surface area contributed by atoms with Gasteiger partial charge in [-0.25, -0.2) is 4.79 Å². The molecule has 1 aromatic rings. The zero-order valence-corrected chi connectivity index (χ0v) is 20.9. The molecule has 198 valence electrons. The minimum absolute atomic E-state index is 0.0387. The summed E-state index contributed by atoms with van der Waals surface area (Å²) in [5, 5.41) is 5.42. The SMILES string of the molecule is CCN1C(=O)N[C@H](c2ccccc2C(F)(F)F)C2=C1CN([C@H](CC(C)C)C(=O)NCCCOC)C2=O. The molecule has 0 unspecified atom stereocenters. The van der Waals surface area contributed by atoms with E-state index < -0.39 is 35.8 Å². The predicted octanol–water partition coefficient (Wildman–Crippen LogP) is 3.46. The Hall–Kier alpha value is -3.08. The van der Waals surface area contributed by atoms with Crippen LogP contribution < -0.4 is 10.6 Å². The average molecular weight is 511 g/mol. The van der Waals surface area contributed by atoms with Crippen LogP contribution in [0.15, 0.2) is 35.5 Å². The number of hydrogen-bond acceptors (Lipinski definition) is 4. The minimum atomic E-state index is -4.67. The maximum absolute atomic E-state index is 13.8. The fraction of sp³-hybridized carbons (Fsp3) is 0.560. The molecule has 4 amide bonds. The van der Waals surface area contributed by atoms with Gasteiger partial charge in [-0.2, -0.15) is 13.2 Å². The number of halogens is 3. The van der Waals surface area contributed by atoms with Gasteiger partial charge in [-0.15, -0.1) is 0 Å². The molecule has 0 spiro atoms. The van der Waals surface area contributed by atoms with Crippen molar-refractivity contribution in [1.82, 2.24) is 20.4 Å². The van der Waals surface area contributed by atoms with Gasteiger partial charge in [0.15, 0.2) is 0 Å². The van der Waals surface area contributed by atoms with E-state index in [-0.39, 0.29) is 36.1 Å². The van der Waals surface area contributed by atoms with Gasteiger partial charge in [0.05, 0.1) is 29.4 Å². The van der Waals surface area contributed by atoms with Crippen LogP contribution in [-0.2, 0) is 20.5 Å². The van der Waals surface area contributed by atoms with Crippen molar-refractivity contribution < 1.29 is 32.3 Å². The van der Waals surface area contributed by atoms with Gasteiger partial charge in [0, 0.05) is 26.8 Å². The van der Waals surface area contributed by atoms with Crippen molar-refractivity contribution >= 4 is 17.8 Å². The molecule has 2 aliphatic heterocycles. The van der Waals surface area contributed by atoms with Crippen molar-refractivity contribution in [2.75, 3.05) is 33.4 Å². The third kappa shape index (κ3) is 5.66. The Labute approximate surface area is 208 Å². The zero-order chi connectivity index (χ0) is 26.6. The molecule has 0 saturated carbocycles. The average Bonchev–Trinajstić information content (AvgIpc) is 3.15. The van der Waals surface area contributed by atoms with E-state index in [9.17, 15) is 27.6 Å². The second-order valence-electron chi connectivity index (χ2n) is 9.29. The second kappa shape index (κ2) is 11.3. The summed E-state index contributed by atoms with van der Waals surface area (Å²) < 4.78 is 46.5. The highest BCUT2D eigenvalue weighted by Gasteiger charge is 2.48. The van der Waals surface area contributed by atoms with Crippen LogP contribution in [-0.4, -0.2) is 67.0 Å². The molecule has 36 heavy (non-hydrogen) atoms. The molecule has 2 N–H and O–H groups in total. The number of carbonyl (C=O) groups is 3. The fourth-order valence-electron chi connectivity index (χ4n) is 4.71. The van der Waals surface area contributed by atoms with E-state index in [4.69, 9.17) is 4.74 Å². The zero-order valence-electron chi connectivity index (χ0n) is 20.9. The number of amides is 4. The number of carbonyl (C=O) groups excluding carboxylic acids is 3. The molecular formula is C25H33F3N4O4. The maximum Gasteiger partial charge on any atom is 0.416 e. The maximum atomic E-state index is 13.8. The van der Waals surface area contributed by atoms with Gasteiger partial charge in [-0.1, -0.05) is 32.0 Å². The number of rotatable bonds is 10. The van der Waals surface area contributed by atoms with E-state index in [1.807, 2.05) is 13.8 Å². The molecule has 3 rings (SSSR count). The van der Waals surface area contributed by atoms with E-state index in [0.717, 1.165) is 6.07 Å². The van der Waals surface area contributed by atoms with Crippen LogP contribution in [0, 0.1) is 5.92 Å². The number of alkyl halides is 3. The number of nitrogens with zero attached hydrogens (tertiary/aromatic N) is 2. The van der Waals surface area contributed by atoms with Crippen LogP contribution in [0.4, 0.5) is 18.0 Å². The van der Waals surface area contributed by atoms with Crippen molar-refractivity contribution in [1.29, 1.82) is 0 Å². The topological polar surface area (TPSA) is 91.0 Å².